The van der Waals surface area contributed by atoms with Gasteiger partial charge in [-0.1, -0.05) is 6.92 Å². The summed E-state index contributed by atoms with van der Waals surface area (Å²) < 4.78 is 0. The van der Waals surface area contributed by atoms with E-state index in [0.717, 1.165) is 22.3 Å². The molecule has 2 heterocycles. The maximum absolute atomic E-state index is 5.89. The molecule has 2 aromatic rings. The van der Waals surface area contributed by atoms with Gasteiger partial charge in [0.25, 0.3) is 0 Å². The number of nitrogens with two attached hydrogens (primary N) is 1. The van der Waals surface area contributed by atoms with Gasteiger partial charge >= 0.3 is 0 Å². The zero-order valence-corrected chi connectivity index (χ0v) is 8.61. The Bertz CT molecular complexity index is 445. The zero-order chi connectivity index (χ0) is 9.42. The SMILES string of the molecule is CCc1c(C)cnc2scc(N)c12. The van der Waals surface area contributed by atoms with Crippen LogP contribution in [-0.2, 0) is 6.42 Å². The van der Waals surface area contributed by atoms with Crippen LogP contribution in [0.4, 0.5) is 5.69 Å². The fourth-order valence-corrected chi connectivity index (χ4v) is 2.47. The van der Waals surface area contributed by atoms with Gasteiger partial charge in [0.15, 0.2) is 0 Å². The number of nitrogens with zero attached hydrogens (tertiary/aromatic N) is 1. The van der Waals surface area contributed by atoms with Gasteiger partial charge in [-0.15, -0.1) is 11.3 Å². The molecule has 2 nitrogen and oxygen atoms in total. The molecule has 0 unspecified atom stereocenters. The lowest BCUT2D eigenvalue weighted by Gasteiger charge is -2.04. The molecule has 0 saturated heterocycles. The molecule has 0 bridgehead atoms. The van der Waals surface area contributed by atoms with E-state index in [9.17, 15) is 0 Å². The minimum Gasteiger partial charge on any atom is -0.397 e. The highest BCUT2D eigenvalue weighted by Gasteiger charge is 2.08. The number of rotatable bonds is 1. The Kier molecular flexibility index (Phi) is 1.96. The van der Waals surface area contributed by atoms with E-state index in [1.54, 1.807) is 11.3 Å². The number of hydrogen-bond acceptors (Lipinski definition) is 3. The highest BCUT2D eigenvalue weighted by molar-refractivity contribution is 7.17. The van der Waals surface area contributed by atoms with Crippen molar-refractivity contribution in [3.05, 3.63) is 22.7 Å². The first kappa shape index (κ1) is 8.51. The molecule has 2 N–H and O–H groups in total. The van der Waals surface area contributed by atoms with Crippen molar-refractivity contribution in [3.63, 3.8) is 0 Å². The Morgan fingerprint density at radius 2 is 2.31 bits per heavy atom. The van der Waals surface area contributed by atoms with Gasteiger partial charge < -0.3 is 5.73 Å². The molecule has 2 aromatic heterocycles. The molecule has 0 aliphatic heterocycles. The van der Waals surface area contributed by atoms with Crippen LogP contribution in [0.15, 0.2) is 11.6 Å². The smallest absolute Gasteiger partial charge is 0.125 e. The van der Waals surface area contributed by atoms with E-state index in [1.165, 1.54) is 11.1 Å². The summed E-state index contributed by atoms with van der Waals surface area (Å²) in [6.07, 6.45) is 2.95. The van der Waals surface area contributed by atoms with Crippen molar-refractivity contribution in [3.8, 4) is 0 Å². The van der Waals surface area contributed by atoms with Crippen LogP contribution in [-0.4, -0.2) is 4.98 Å². The topological polar surface area (TPSA) is 38.9 Å². The molecule has 0 fully saturated rings. The van der Waals surface area contributed by atoms with Crippen molar-refractivity contribution in [2.75, 3.05) is 5.73 Å². The predicted octanol–water partition coefficient (Wildman–Crippen LogP) is 2.75. The van der Waals surface area contributed by atoms with E-state index in [2.05, 4.69) is 18.8 Å². The van der Waals surface area contributed by atoms with Crippen molar-refractivity contribution in [1.82, 2.24) is 4.98 Å². The number of anilines is 1. The molecule has 68 valence electrons. The second kappa shape index (κ2) is 3.00. The second-order valence-electron chi connectivity index (χ2n) is 3.14. The number of hydrogen-bond donors (Lipinski definition) is 1. The third-order valence-electron chi connectivity index (χ3n) is 2.31. The van der Waals surface area contributed by atoms with E-state index in [0.29, 0.717) is 0 Å². The van der Waals surface area contributed by atoms with E-state index in [1.807, 2.05) is 11.6 Å². The molecule has 0 saturated carbocycles. The van der Waals surface area contributed by atoms with Crippen LogP contribution in [0.1, 0.15) is 18.1 Å². The number of nitrogen functional groups attached to an aromatic ring is 1. The second-order valence-corrected chi connectivity index (χ2v) is 4.00. The Morgan fingerprint density at radius 3 is 3.00 bits per heavy atom. The maximum Gasteiger partial charge on any atom is 0.125 e. The van der Waals surface area contributed by atoms with Crippen LogP contribution in [0.25, 0.3) is 10.2 Å². The molecule has 0 radical (unpaired) electrons. The summed E-state index contributed by atoms with van der Waals surface area (Å²) in [7, 11) is 0. The van der Waals surface area contributed by atoms with Gasteiger partial charge in [-0.2, -0.15) is 0 Å². The molecule has 0 amide bonds. The highest BCUT2D eigenvalue weighted by atomic mass is 32.1. The van der Waals surface area contributed by atoms with Crippen molar-refractivity contribution < 1.29 is 0 Å². The fraction of sp³-hybridized carbons (Fsp3) is 0.300. The Hall–Kier alpha value is -1.09. The van der Waals surface area contributed by atoms with Gasteiger partial charge in [0, 0.05) is 17.0 Å². The first-order valence-corrected chi connectivity index (χ1v) is 5.23. The summed E-state index contributed by atoms with van der Waals surface area (Å²) in [6, 6.07) is 0. The highest BCUT2D eigenvalue weighted by Crippen LogP contribution is 2.31. The molecule has 13 heavy (non-hydrogen) atoms. The van der Waals surface area contributed by atoms with Crippen LogP contribution in [0.2, 0.25) is 0 Å². The van der Waals surface area contributed by atoms with Crippen molar-refractivity contribution >= 4 is 27.2 Å². The normalized spacial score (nSPS) is 10.9. The summed E-state index contributed by atoms with van der Waals surface area (Å²) in [5, 5.41) is 3.13. The van der Waals surface area contributed by atoms with Gasteiger partial charge in [0.1, 0.15) is 4.83 Å². The average molecular weight is 192 g/mol. The largest absolute Gasteiger partial charge is 0.397 e. The summed E-state index contributed by atoms with van der Waals surface area (Å²) >= 11 is 1.62. The van der Waals surface area contributed by atoms with Crippen LogP contribution in [0.3, 0.4) is 0 Å². The number of thiophene rings is 1. The standard InChI is InChI=1S/C10H12N2S/c1-3-7-6(2)4-12-10-9(7)8(11)5-13-10/h4-5H,3,11H2,1-2H3. The predicted molar refractivity (Wildman–Crippen MR) is 58.1 cm³/mol. The lowest BCUT2D eigenvalue weighted by atomic mass is 10.1. The number of aryl methyl sites for hydroxylation is 2. The molecule has 0 aliphatic rings. The third-order valence-corrected chi connectivity index (χ3v) is 3.21. The van der Waals surface area contributed by atoms with Gasteiger partial charge in [-0.3, -0.25) is 0 Å². The lowest BCUT2D eigenvalue weighted by Crippen LogP contribution is -1.92. The number of pyridine rings is 1. The van der Waals surface area contributed by atoms with Crippen molar-refractivity contribution in [2.24, 2.45) is 0 Å². The van der Waals surface area contributed by atoms with Crippen LogP contribution in [0.5, 0.6) is 0 Å². The van der Waals surface area contributed by atoms with E-state index in [-0.39, 0.29) is 0 Å². The van der Waals surface area contributed by atoms with Gasteiger partial charge in [0.2, 0.25) is 0 Å². The minimum atomic E-state index is 0.869. The minimum absolute atomic E-state index is 0.869. The van der Waals surface area contributed by atoms with Gasteiger partial charge in [0.05, 0.1) is 5.69 Å². The number of aromatic nitrogens is 1. The Labute approximate surface area is 81.4 Å². The molecule has 0 aliphatic carbocycles. The summed E-state index contributed by atoms with van der Waals surface area (Å²) in [6.45, 7) is 4.24. The fourth-order valence-electron chi connectivity index (χ4n) is 1.65. The molecular formula is C10H12N2S. The molecule has 2 rings (SSSR count). The zero-order valence-electron chi connectivity index (χ0n) is 7.79. The molecular weight excluding hydrogens is 180 g/mol. The summed E-state index contributed by atoms with van der Waals surface area (Å²) in [5.74, 6) is 0. The first-order valence-electron chi connectivity index (χ1n) is 4.35. The van der Waals surface area contributed by atoms with Gasteiger partial charge in [-0.05, 0) is 24.5 Å². The van der Waals surface area contributed by atoms with Crippen molar-refractivity contribution in [1.29, 1.82) is 0 Å². The maximum atomic E-state index is 5.89. The summed E-state index contributed by atoms with van der Waals surface area (Å²) in [4.78, 5) is 5.40. The van der Waals surface area contributed by atoms with E-state index in [4.69, 9.17) is 5.73 Å². The van der Waals surface area contributed by atoms with Crippen LogP contribution >= 0.6 is 11.3 Å². The van der Waals surface area contributed by atoms with E-state index < -0.39 is 0 Å². The van der Waals surface area contributed by atoms with Crippen LogP contribution < -0.4 is 5.73 Å². The van der Waals surface area contributed by atoms with Crippen molar-refractivity contribution in [2.45, 2.75) is 20.3 Å². The van der Waals surface area contributed by atoms with Gasteiger partial charge in [-0.25, -0.2) is 4.98 Å². The Balaban J connectivity index is 2.88. The molecule has 0 aromatic carbocycles. The van der Waals surface area contributed by atoms with E-state index >= 15 is 0 Å². The van der Waals surface area contributed by atoms with Crippen LogP contribution in [0, 0.1) is 6.92 Å². The first-order chi connectivity index (χ1) is 6.24. The molecule has 0 atom stereocenters. The molecule has 0 spiro atoms. The summed E-state index contributed by atoms with van der Waals surface area (Å²) in [5.41, 5.74) is 9.33. The quantitative estimate of drug-likeness (QED) is 0.754. The Morgan fingerprint density at radius 1 is 1.54 bits per heavy atom. The monoisotopic (exact) mass is 192 g/mol. The molecule has 3 heteroatoms. The average Bonchev–Trinajstić information content (AvgIpc) is 2.49. The third kappa shape index (κ3) is 1.20. The lowest BCUT2D eigenvalue weighted by molar-refractivity contribution is 1.12. The number of fused-ring (bicyclic) bond motifs is 1.